The summed E-state index contributed by atoms with van der Waals surface area (Å²) in [6.45, 7) is 5.28. The zero-order valence-electron chi connectivity index (χ0n) is 17.9. The highest BCUT2D eigenvalue weighted by atomic mass is 32.1. The number of aromatic nitrogens is 2. The summed E-state index contributed by atoms with van der Waals surface area (Å²) in [7, 11) is 0. The molecule has 2 aromatic heterocycles. The van der Waals surface area contributed by atoms with Gasteiger partial charge in [-0.15, -0.1) is 21.5 Å². The lowest BCUT2D eigenvalue weighted by atomic mass is 10.1. The van der Waals surface area contributed by atoms with Gasteiger partial charge in [0.2, 0.25) is 16.9 Å². The lowest BCUT2D eigenvalue weighted by molar-refractivity contribution is -0.136. The number of anilines is 1. The minimum Gasteiger partial charge on any atom is -0.343 e. The van der Waals surface area contributed by atoms with Crippen LogP contribution in [0.2, 0.25) is 0 Å². The maximum absolute atomic E-state index is 13.2. The molecule has 2 aliphatic heterocycles. The molecule has 0 aliphatic carbocycles. The van der Waals surface area contributed by atoms with E-state index in [1.807, 2.05) is 58.5 Å². The maximum Gasteiger partial charge on any atom is 0.228 e. The first-order valence-corrected chi connectivity index (χ1v) is 12.6. The lowest BCUT2D eigenvalue weighted by Gasteiger charge is -2.35. The molecule has 2 saturated heterocycles. The first-order chi connectivity index (χ1) is 15.6. The summed E-state index contributed by atoms with van der Waals surface area (Å²) in [6.07, 6.45) is 0.302. The smallest absolute Gasteiger partial charge is 0.228 e. The van der Waals surface area contributed by atoms with Crippen molar-refractivity contribution in [3.8, 4) is 9.88 Å². The van der Waals surface area contributed by atoms with Crippen LogP contribution >= 0.6 is 22.7 Å². The Morgan fingerprint density at radius 2 is 1.84 bits per heavy atom. The van der Waals surface area contributed by atoms with Crippen LogP contribution in [-0.4, -0.2) is 64.5 Å². The highest BCUT2D eigenvalue weighted by Crippen LogP contribution is 2.33. The largest absolute Gasteiger partial charge is 0.343 e. The second kappa shape index (κ2) is 8.99. The summed E-state index contributed by atoms with van der Waals surface area (Å²) in [6, 6.07) is 14.0. The fourth-order valence-electron chi connectivity index (χ4n) is 4.40. The number of amides is 2. The molecule has 0 radical (unpaired) electrons. The van der Waals surface area contributed by atoms with Crippen LogP contribution in [0.1, 0.15) is 24.9 Å². The van der Waals surface area contributed by atoms with Crippen molar-refractivity contribution < 1.29 is 9.59 Å². The first kappa shape index (κ1) is 21.1. The number of carbonyl (C=O) groups is 2. The van der Waals surface area contributed by atoms with Crippen LogP contribution in [0.5, 0.6) is 0 Å². The van der Waals surface area contributed by atoms with Crippen LogP contribution in [0.15, 0.2) is 47.8 Å². The standard InChI is InChI=1S/C23H25N5O2S2/c1-16(17-6-3-2-4-7-17)28-15-18(14-20(28)29)22(30)26-9-11-27(12-10-26)23-25-24-21(32-23)19-8-5-13-31-19/h2-8,13,16,18H,9-12,14-15H2,1H3. The average molecular weight is 468 g/mol. The molecule has 0 spiro atoms. The van der Waals surface area contributed by atoms with Gasteiger partial charge in [-0.25, -0.2) is 0 Å². The molecule has 2 atom stereocenters. The van der Waals surface area contributed by atoms with Gasteiger partial charge in [0.1, 0.15) is 0 Å². The van der Waals surface area contributed by atoms with Crippen molar-refractivity contribution in [1.29, 1.82) is 0 Å². The van der Waals surface area contributed by atoms with E-state index in [4.69, 9.17) is 0 Å². The molecule has 2 amide bonds. The van der Waals surface area contributed by atoms with E-state index in [0.717, 1.165) is 33.7 Å². The lowest BCUT2D eigenvalue weighted by Crippen LogP contribution is -2.50. The maximum atomic E-state index is 13.2. The fraction of sp³-hybridized carbons (Fsp3) is 0.391. The predicted molar refractivity (Wildman–Crippen MR) is 127 cm³/mol. The summed E-state index contributed by atoms with van der Waals surface area (Å²) < 4.78 is 0. The van der Waals surface area contributed by atoms with Crippen molar-refractivity contribution in [3.05, 3.63) is 53.4 Å². The summed E-state index contributed by atoms with van der Waals surface area (Å²) in [5.41, 5.74) is 1.10. The predicted octanol–water partition coefficient (Wildman–Crippen LogP) is 3.52. The van der Waals surface area contributed by atoms with Gasteiger partial charge < -0.3 is 14.7 Å². The van der Waals surface area contributed by atoms with Gasteiger partial charge in [0.25, 0.3) is 0 Å². The summed E-state index contributed by atoms with van der Waals surface area (Å²) in [4.78, 5) is 32.9. The number of likely N-dealkylation sites (tertiary alicyclic amines) is 1. The first-order valence-electron chi connectivity index (χ1n) is 10.9. The topological polar surface area (TPSA) is 69.6 Å². The van der Waals surface area contributed by atoms with Gasteiger partial charge in [-0.05, 0) is 23.9 Å². The van der Waals surface area contributed by atoms with Crippen LogP contribution in [0, 0.1) is 5.92 Å². The Hall–Kier alpha value is -2.78. The third-order valence-corrected chi connectivity index (χ3v) is 8.29. The Kier molecular flexibility index (Phi) is 5.93. The number of thiophene rings is 1. The average Bonchev–Trinajstić information content (AvgIpc) is 3.59. The molecular formula is C23H25N5O2S2. The quantitative estimate of drug-likeness (QED) is 0.574. The number of hydrogen-bond acceptors (Lipinski definition) is 7. The number of carbonyl (C=O) groups excluding carboxylic acids is 2. The summed E-state index contributed by atoms with van der Waals surface area (Å²) >= 11 is 3.25. The highest BCUT2D eigenvalue weighted by Gasteiger charge is 2.39. The van der Waals surface area contributed by atoms with Crippen molar-refractivity contribution in [2.24, 2.45) is 5.92 Å². The van der Waals surface area contributed by atoms with Gasteiger partial charge in [0.05, 0.1) is 16.8 Å². The van der Waals surface area contributed by atoms with E-state index < -0.39 is 0 Å². The third-order valence-electron chi connectivity index (χ3n) is 6.27. The van der Waals surface area contributed by atoms with Gasteiger partial charge in [-0.2, -0.15) is 0 Å². The highest BCUT2D eigenvalue weighted by molar-refractivity contribution is 7.22. The van der Waals surface area contributed by atoms with Crippen LogP contribution in [0.3, 0.4) is 0 Å². The molecule has 2 aliphatic rings. The van der Waals surface area contributed by atoms with E-state index in [-0.39, 0.29) is 23.8 Å². The van der Waals surface area contributed by atoms with Crippen LogP contribution in [-0.2, 0) is 9.59 Å². The normalized spacial score (nSPS) is 20.1. The van der Waals surface area contributed by atoms with Gasteiger partial charge in [0.15, 0.2) is 5.01 Å². The zero-order chi connectivity index (χ0) is 22.1. The molecule has 1 aromatic carbocycles. The van der Waals surface area contributed by atoms with Crippen LogP contribution in [0.4, 0.5) is 5.13 Å². The van der Waals surface area contributed by atoms with Crippen molar-refractivity contribution in [3.63, 3.8) is 0 Å². The van der Waals surface area contributed by atoms with E-state index >= 15 is 0 Å². The molecular weight excluding hydrogens is 442 g/mol. The Labute approximate surface area is 195 Å². The number of benzene rings is 1. The molecule has 0 bridgehead atoms. The van der Waals surface area contributed by atoms with Gasteiger partial charge in [-0.1, -0.05) is 47.7 Å². The molecule has 5 rings (SSSR count). The second-order valence-corrected chi connectivity index (χ2v) is 10.1. The Balaban J connectivity index is 1.17. The Bertz CT molecular complexity index is 1080. The molecule has 2 fully saturated rings. The van der Waals surface area contributed by atoms with Crippen molar-refractivity contribution in [1.82, 2.24) is 20.0 Å². The number of nitrogens with zero attached hydrogens (tertiary/aromatic N) is 5. The van der Waals surface area contributed by atoms with E-state index in [0.29, 0.717) is 26.1 Å². The second-order valence-electron chi connectivity index (χ2n) is 8.21. The van der Waals surface area contributed by atoms with E-state index in [2.05, 4.69) is 21.2 Å². The Morgan fingerprint density at radius 1 is 1.06 bits per heavy atom. The summed E-state index contributed by atoms with van der Waals surface area (Å²) in [5, 5.41) is 12.6. The molecule has 9 heteroatoms. The fourth-order valence-corrected chi connectivity index (χ4v) is 6.09. The monoisotopic (exact) mass is 467 g/mol. The minimum atomic E-state index is -0.257. The van der Waals surface area contributed by atoms with Crippen LogP contribution in [0.25, 0.3) is 9.88 Å². The number of piperazine rings is 1. The van der Waals surface area contributed by atoms with Crippen molar-refractivity contribution >= 4 is 39.6 Å². The molecule has 7 nitrogen and oxygen atoms in total. The molecule has 0 N–H and O–H groups in total. The van der Waals surface area contributed by atoms with Crippen molar-refractivity contribution in [2.45, 2.75) is 19.4 Å². The molecule has 32 heavy (non-hydrogen) atoms. The minimum absolute atomic E-state index is 0.0201. The zero-order valence-corrected chi connectivity index (χ0v) is 19.5. The summed E-state index contributed by atoms with van der Waals surface area (Å²) in [5.74, 6) is -0.0993. The molecule has 2 unspecified atom stereocenters. The molecule has 4 heterocycles. The van der Waals surface area contributed by atoms with Gasteiger partial charge in [-0.3, -0.25) is 9.59 Å². The van der Waals surface area contributed by atoms with E-state index in [1.165, 1.54) is 0 Å². The molecule has 0 saturated carbocycles. The molecule has 3 aromatic rings. The van der Waals surface area contributed by atoms with Crippen LogP contribution < -0.4 is 4.90 Å². The van der Waals surface area contributed by atoms with Crippen molar-refractivity contribution in [2.75, 3.05) is 37.6 Å². The molecule has 166 valence electrons. The SMILES string of the molecule is CC(c1ccccc1)N1CC(C(=O)N2CCN(c3nnc(-c4cccs4)s3)CC2)CC1=O. The number of hydrogen-bond donors (Lipinski definition) is 0. The third kappa shape index (κ3) is 4.14. The van der Waals surface area contributed by atoms with E-state index in [9.17, 15) is 9.59 Å². The van der Waals surface area contributed by atoms with Gasteiger partial charge in [0, 0.05) is 39.1 Å². The van der Waals surface area contributed by atoms with E-state index in [1.54, 1.807) is 22.7 Å². The van der Waals surface area contributed by atoms with Gasteiger partial charge >= 0.3 is 0 Å². The Morgan fingerprint density at radius 3 is 2.56 bits per heavy atom. The number of rotatable bonds is 5.